The Balaban J connectivity index is 1.89. The summed E-state index contributed by atoms with van der Waals surface area (Å²) in [5.41, 5.74) is 2.38. The number of rotatable bonds is 9. The van der Waals surface area contributed by atoms with Gasteiger partial charge in [0.2, 0.25) is 5.91 Å². The molecule has 0 aliphatic heterocycles. The highest BCUT2D eigenvalue weighted by atomic mass is 32.2. The van der Waals surface area contributed by atoms with Gasteiger partial charge in [-0.05, 0) is 36.8 Å². The number of benzene rings is 2. The summed E-state index contributed by atoms with van der Waals surface area (Å²) >= 11 is 0. The van der Waals surface area contributed by atoms with Crippen molar-refractivity contribution >= 4 is 27.6 Å². The molecule has 0 unspecified atom stereocenters. The Morgan fingerprint density at radius 3 is 2.54 bits per heavy atom. The van der Waals surface area contributed by atoms with E-state index in [-0.39, 0.29) is 31.1 Å². The fourth-order valence-electron chi connectivity index (χ4n) is 2.60. The van der Waals surface area contributed by atoms with Crippen molar-refractivity contribution in [3.05, 3.63) is 59.2 Å². The van der Waals surface area contributed by atoms with Gasteiger partial charge in [-0.1, -0.05) is 23.8 Å². The lowest BCUT2D eigenvalue weighted by molar-refractivity contribution is -0.121. The Morgan fingerprint density at radius 1 is 1.11 bits per heavy atom. The number of ketones is 1. The van der Waals surface area contributed by atoms with Crippen molar-refractivity contribution in [2.45, 2.75) is 26.3 Å². The third-order valence-electron chi connectivity index (χ3n) is 3.91. The van der Waals surface area contributed by atoms with Gasteiger partial charge in [-0.25, -0.2) is 5.14 Å². The smallest absolute Gasteiger partial charge is 0.296 e. The van der Waals surface area contributed by atoms with Gasteiger partial charge in [0.1, 0.15) is 5.75 Å². The van der Waals surface area contributed by atoms with E-state index in [2.05, 4.69) is 10.0 Å². The molecule has 2 aromatic rings. The molecule has 0 aliphatic carbocycles. The van der Waals surface area contributed by atoms with E-state index in [0.29, 0.717) is 22.6 Å². The second kappa shape index (κ2) is 9.34. The lowest BCUT2D eigenvalue weighted by Crippen LogP contribution is -2.24. The number of Topliss-reactive ketones (excluding diaryl/α,β-unsaturated/α-hetero) is 1. The maximum absolute atomic E-state index is 12.4. The predicted octanol–water partition coefficient (Wildman–Crippen LogP) is 1.90. The lowest BCUT2D eigenvalue weighted by Gasteiger charge is -2.10. The topological polar surface area (TPSA) is 128 Å². The van der Waals surface area contributed by atoms with Crippen molar-refractivity contribution in [3.8, 4) is 5.75 Å². The second-order valence-corrected chi connectivity index (χ2v) is 7.55. The molecule has 1 amide bonds. The van der Waals surface area contributed by atoms with Gasteiger partial charge in [0.05, 0.1) is 18.4 Å². The lowest BCUT2D eigenvalue weighted by atomic mass is 10.0. The van der Waals surface area contributed by atoms with E-state index in [1.807, 2.05) is 13.0 Å². The summed E-state index contributed by atoms with van der Waals surface area (Å²) in [5.74, 6) is 0.0232. The summed E-state index contributed by atoms with van der Waals surface area (Å²) in [7, 11) is -2.37. The fourth-order valence-corrected chi connectivity index (χ4v) is 3.06. The summed E-state index contributed by atoms with van der Waals surface area (Å²) in [6.45, 7) is 2.07. The molecule has 0 radical (unpaired) electrons. The first kappa shape index (κ1) is 21.4. The zero-order valence-electron chi connectivity index (χ0n) is 15.7. The Morgan fingerprint density at radius 2 is 1.86 bits per heavy atom. The van der Waals surface area contributed by atoms with Gasteiger partial charge < -0.3 is 10.1 Å². The molecule has 0 saturated heterocycles. The number of anilines is 1. The van der Waals surface area contributed by atoms with Crippen molar-refractivity contribution < 1.29 is 22.7 Å². The zero-order chi connectivity index (χ0) is 20.7. The maximum atomic E-state index is 12.4. The Bertz CT molecular complexity index is 973. The van der Waals surface area contributed by atoms with Crippen LogP contribution >= 0.6 is 0 Å². The SMILES string of the molecule is COc1ccc(C)cc1C(=O)CCC(=O)NCc1cccc(NS(N)(=O)=O)c1. The number of carbonyl (C=O) groups excluding carboxylic acids is 2. The molecule has 0 bridgehead atoms. The van der Waals surface area contributed by atoms with E-state index in [1.54, 1.807) is 36.4 Å². The van der Waals surface area contributed by atoms with Crippen LogP contribution in [-0.2, 0) is 21.5 Å². The molecule has 2 rings (SSSR count). The first-order valence-corrected chi connectivity index (χ1v) is 10.1. The third kappa shape index (κ3) is 6.67. The van der Waals surface area contributed by atoms with Crippen LogP contribution in [0.15, 0.2) is 42.5 Å². The molecule has 0 atom stereocenters. The molecule has 28 heavy (non-hydrogen) atoms. The highest BCUT2D eigenvalue weighted by Crippen LogP contribution is 2.21. The quantitative estimate of drug-likeness (QED) is 0.549. The van der Waals surface area contributed by atoms with E-state index in [9.17, 15) is 18.0 Å². The van der Waals surface area contributed by atoms with Gasteiger partial charge in [0, 0.05) is 19.4 Å². The van der Waals surface area contributed by atoms with E-state index in [4.69, 9.17) is 9.88 Å². The minimum absolute atomic E-state index is 0.0328. The van der Waals surface area contributed by atoms with Crippen molar-refractivity contribution in [3.63, 3.8) is 0 Å². The van der Waals surface area contributed by atoms with Crippen molar-refractivity contribution in [1.29, 1.82) is 0 Å². The monoisotopic (exact) mass is 405 g/mol. The third-order valence-corrected chi connectivity index (χ3v) is 4.43. The molecular formula is C19H23N3O5S. The van der Waals surface area contributed by atoms with Crippen LogP contribution in [0.4, 0.5) is 5.69 Å². The molecule has 0 spiro atoms. The van der Waals surface area contributed by atoms with Crippen LogP contribution in [0.1, 0.15) is 34.3 Å². The molecule has 150 valence electrons. The Hall–Kier alpha value is -2.91. The number of methoxy groups -OCH3 is 1. The van der Waals surface area contributed by atoms with Crippen LogP contribution in [0.5, 0.6) is 5.75 Å². The number of nitrogens with one attached hydrogen (secondary N) is 2. The molecular weight excluding hydrogens is 382 g/mol. The normalized spacial score (nSPS) is 11.0. The highest BCUT2D eigenvalue weighted by molar-refractivity contribution is 7.90. The first-order chi connectivity index (χ1) is 13.2. The number of amides is 1. The van der Waals surface area contributed by atoms with E-state index in [0.717, 1.165) is 5.56 Å². The fraction of sp³-hybridized carbons (Fsp3) is 0.263. The van der Waals surface area contributed by atoms with Crippen LogP contribution < -0.4 is 19.9 Å². The molecule has 4 N–H and O–H groups in total. The van der Waals surface area contributed by atoms with Gasteiger partial charge in [-0.2, -0.15) is 8.42 Å². The van der Waals surface area contributed by atoms with E-state index in [1.165, 1.54) is 7.11 Å². The maximum Gasteiger partial charge on any atom is 0.296 e. The largest absolute Gasteiger partial charge is 0.496 e. The van der Waals surface area contributed by atoms with Crippen LogP contribution in [0, 0.1) is 6.92 Å². The molecule has 0 aliphatic rings. The van der Waals surface area contributed by atoms with Crippen molar-refractivity contribution in [2.75, 3.05) is 11.8 Å². The summed E-state index contributed by atoms with van der Waals surface area (Å²) in [4.78, 5) is 24.5. The number of aryl methyl sites for hydroxylation is 1. The number of hydrogen-bond donors (Lipinski definition) is 3. The second-order valence-electron chi connectivity index (χ2n) is 6.25. The number of ether oxygens (including phenoxy) is 1. The van der Waals surface area contributed by atoms with Crippen LogP contribution in [0.3, 0.4) is 0 Å². The average molecular weight is 405 g/mol. The summed E-state index contributed by atoms with van der Waals surface area (Å²) in [5, 5.41) is 7.64. The molecule has 2 aromatic carbocycles. The van der Waals surface area contributed by atoms with Crippen molar-refractivity contribution in [2.24, 2.45) is 5.14 Å². The van der Waals surface area contributed by atoms with Crippen LogP contribution in [0.25, 0.3) is 0 Å². The van der Waals surface area contributed by atoms with Gasteiger partial charge in [-0.15, -0.1) is 0 Å². The molecule has 9 heteroatoms. The van der Waals surface area contributed by atoms with Crippen LogP contribution in [-0.4, -0.2) is 27.2 Å². The van der Waals surface area contributed by atoms with Gasteiger partial charge in [-0.3, -0.25) is 14.3 Å². The summed E-state index contributed by atoms with van der Waals surface area (Å²) < 4.78 is 29.5. The number of nitrogens with two attached hydrogens (primary N) is 1. The van der Waals surface area contributed by atoms with Crippen molar-refractivity contribution in [1.82, 2.24) is 5.32 Å². The predicted molar refractivity (Wildman–Crippen MR) is 106 cm³/mol. The molecule has 8 nitrogen and oxygen atoms in total. The zero-order valence-corrected chi connectivity index (χ0v) is 16.5. The van der Waals surface area contributed by atoms with Gasteiger partial charge >= 0.3 is 0 Å². The average Bonchev–Trinajstić information content (AvgIpc) is 2.63. The summed E-state index contributed by atoms with van der Waals surface area (Å²) in [6.07, 6.45) is 0.0870. The Kier molecular flexibility index (Phi) is 7.13. The van der Waals surface area contributed by atoms with Gasteiger partial charge in [0.15, 0.2) is 5.78 Å². The summed E-state index contributed by atoms with van der Waals surface area (Å²) in [6, 6.07) is 11.8. The number of carbonyl (C=O) groups is 2. The minimum atomic E-state index is -3.86. The van der Waals surface area contributed by atoms with Crippen LogP contribution in [0.2, 0.25) is 0 Å². The highest BCUT2D eigenvalue weighted by Gasteiger charge is 2.14. The molecule has 0 saturated carbocycles. The standard InChI is InChI=1S/C19H23N3O5S/c1-13-6-8-18(27-2)16(10-13)17(23)7-9-19(24)21-12-14-4-3-5-15(11-14)22-28(20,25)26/h3-6,8,10-11,22H,7,9,12H2,1-2H3,(H,21,24)(H2,20,25,26). The minimum Gasteiger partial charge on any atom is -0.496 e. The van der Waals surface area contributed by atoms with E-state index < -0.39 is 10.2 Å². The first-order valence-electron chi connectivity index (χ1n) is 8.52. The Labute approximate surface area is 164 Å². The number of hydrogen-bond acceptors (Lipinski definition) is 5. The molecule has 0 fully saturated rings. The van der Waals surface area contributed by atoms with E-state index >= 15 is 0 Å². The van der Waals surface area contributed by atoms with Gasteiger partial charge in [0.25, 0.3) is 10.2 Å². The molecule has 0 aromatic heterocycles. The molecule has 0 heterocycles.